The zero-order chi connectivity index (χ0) is 30.6. The number of anilines is 1. The monoisotopic (exact) mass is 603 g/mol. The third-order valence-electron chi connectivity index (χ3n) is 8.77. The summed E-state index contributed by atoms with van der Waals surface area (Å²) < 4.78 is 1.80. The van der Waals surface area contributed by atoms with Crippen LogP contribution >= 0.6 is 11.6 Å². The van der Waals surface area contributed by atoms with Crippen molar-refractivity contribution in [2.45, 2.75) is 11.5 Å². The van der Waals surface area contributed by atoms with Crippen molar-refractivity contribution in [3.8, 4) is 16.9 Å². The van der Waals surface area contributed by atoms with Crippen LogP contribution in [0, 0.1) is 16.0 Å². The minimum absolute atomic E-state index is 0.123. The molecular weight excluding hydrogens is 578 g/mol. The summed E-state index contributed by atoms with van der Waals surface area (Å²) in [5.74, 6) is -2.02. The van der Waals surface area contributed by atoms with Crippen molar-refractivity contribution in [2.75, 3.05) is 18.9 Å². The molecule has 0 saturated carbocycles. The maximum atomic E-state index is 14.7. The number of rotatable bonds is 6. The van der Waals surface area contributed by atoms with E-state index in [9.17, 15) is 19.7 Å². The third-order valence-corrected chi connectivity index (χ3v) is 9.00. The molecule has 0 unspecified atom stereocenters. The molecule has 3 atom stereocenters. The predicted octanol–water partition coefficient (Wildman–Crippen LogP) is 6.48. The normalized spacial score (nSPS) is 20.9. The van der Waals surface area contributed by atoms with Crippen molar-refractivity contribution in [1.82, 2.24) is 14.7 Å². The van der Waals surface area contributed by atoms with Gasteiger partial charge in [-0.05, 0) is 49.5 Å². The van der Waals surface area contributed by atoms with E-state index in [0.717, 1.165) is 16.8 Å². The Morgan fingerprint density at radius 2 is 1.68 bits per heavy atom. The number of fused-ring (bicyclic) bond motifs is 2. The SMILES string of the molecule is CN1C[C@@H](c2cn(-c3ccccc3)nc2-c2ccccc2)[C@H](C(=O)c2ccc([N+](=O)[O-])cc2)[C@@]12C(=O)Nc1ccc(Cl)cc12. The summed E-state index contributed by atoms with van der Waals surface area (Å²) in [6, 6.07) is 30.2. The number of ketones is 1. The minimum atomic E-state index is -1.38. The highest BCUT2D eigenvalue weighted by atomic mass is 35.5. The van der Waals surface area contributed by atoms with Gasteiger partial charge in [-0.15, -0.1) is 0 Å². The molecule has 7 rings (SSSR count). The molecule has 0 bridgehead atoms. The van der Waals surface area contributed by atoms with Crippen molar-refractivity contribution in [1.29, 1.82) is 0 Å². The minimum Gasteiger partial charge on any atom is -0.324 e. The Kier molecular flexibility index (Phi) is 6.64. The van der Waals surface area contributed by atoms with Gasteiger partial charge in [-0.3, -0.25) is 24.6 Å². The van der Waals surface area contributed by atoms with E-state index in [1.807, 2.05) is 78.8 Å². The molecular formula is C34H26ClN5O4. The molecule has 44 heavy (non-hydrogen) atoms. The van der Waals surface area contributed by atoms with E-state index in [4.69, 9.17) is 16.7 Å². The molecule has 10 heteroatoms. The van der Waals surface area contributed by atoms with Gasteiger partial charge in [0.1, 0.15) is 5.54 Å². The van der Waals surface area contributed by atoms with Crippen LogP contribution in [0.4, 0.5) is 11.4 Å². The fourth-order valence-electron chi connectivity index (χ4n) is 6.81. The van der Waals surface area contributed by atoms with Crippen LogP contribution in [0.15, 0.2) is 109 Å². The third kappa shape index (κ3) is 4.24. The van der Waals surface area contributed by atoms with Gasteiger partial charge in [0.2, 0.25) is 5.91 Å². The zero-order valence-electron chi connectivity index (χ0n) is 23.6. The second-order valence-corrected chi connectivity index (χ2v) is 11.6. The summed E-state index contributed by atoms with van der Waals surface area (Å²) >= 11 is 6.48. The molecule has 0 radical (unpaired) electrons. The number of non-ortho nitro benzene ring substituents is 1. The number of Topliss-reactive ketones (excluding diaryl/α,β-unsaturated/α-hetero) is 1. The fraction of sp³-hybridized carbons (Fsp3) is 0.147. The highest BCUT2D eigenvalue weighted by molar-refractivity contribution is 6.31. The number of likely N-dealkylation sites (tertiary alicyclic amines) is 1. The van der Waals surface area contributed by atoms with Crippen molar-refractivity contribution < 1.29 is 14.5 Å². The number of carbonyl (C=O) groups is 2. The molecule has 1 fully saturated rings. The summed E-state index contributed by atoms with van der Waals surface area (Å²) in [4.78, 5) is 41.7. The van der Waals surface area contributed by atoms with Gasteiger partial charge in [-0.25, -0.2) is 4.68 Å². The Labute approximate surface area is 257 Å². The van der Waals surface area contributed by atoms with Gasteiger partial charge in [0.05, 0.1) is 22.2 Å². The number of hydrogen-bond acceptors (Lipinski definition) is 6. The van der Waals surface area contributed by atoms with Crippen LogP contribution in [0.1, 0.15) is 27.4 Å². The number of nitro benzene ring substituents is 1. The summed E-state index contributed by atoms with van der Waals surface area (Å²) in [5, 5.41) is 19.8. The number of nitrogens with one attached hydrogen (secondary N) is 1. The molecule has 218 valence electrons. The summed E-state index contributed by atoms with van der Waals surface area (Å²) in [6.07, 6.45) is 1.94. The summed E-state index contributed by atoms with van der Waals surface area (Å²) in [5.41, 5.74) is 3.24. The smallest absolute Gasteiger partial charge is 0.269 e. The topological polar surface area (TPSA) is 110 Å². The van der Waals surface area contributed by atoms with E-state index >= 15 is 0 Å². The summed E-state index contributed by atoms with van der Waals surface area (Å²) in [6.45, 7) is 0.364. The van der Waals surface area contributed by atoms with E-state index in [2.05, 4.69) is 5.32 Å². The second-order valence-electron chi connectivity index (χ2n) is 11.1. The van der Waals surface area contributed by atoms with Crippen LogP contribution < -0.4 is 5.32 Å². The maximum absolute atomic E-state index is 14.7. The molecule has 1 saturated heterocycles. The van der Waals surface area contributed by atoms with Crippen LogP contribution in [0.25, 0.3) is 16.9 Å². The number of amides is 1. The molecule has 3 heterocycles. The van der Waals surface area contributed by atoms with E-state index in [-0.39, 0.29) is 22.9 Å². The zero-order valence-corrected chi connectivity index (χ0v) is 24.3. The van der Waals surface area contributed by atoms with Gasteiger partial charge >= 0.3 is 0 Å². The van der Waals surface area contributed by atoms with E-state index < -0.39 is 22.3 Å². The lowest BCUT2D eigenvalue weighted by Crippen LogP contribution is -2.51. The molecule has 2 aliphatic rings. The van der Waals surface area contributed by atoms with Gasteiger partial charge in [0.15, 0.2) is 5.78 Å². The summed E-state index contributed by atoms with van der Waals surface area (Å²) in [7, 11) is 1.84. The maximum Gasteiger partial charge on any atom is 0.269 e. The van der Waals surface area contributed by atoms with Crippen LogP contribution in [-0.4, -0.2) is 44.9 Å². The number of likely N-dealkylation sites (N-methyl/N-ethyl adjacent to an activating group) is 1. The molecule has 2 aliphatic heterocycles. The molecule has 1 aromatic heterocycles. The van der Waals surface area contributed by atoms with E-state index in [1.165, 1.54) is 24.3 Å². The number of para-hydroxylation sites is 1. The average Bonchev–Trinajstić information content (AvgIpc) is 3.70. The second kappa shape index (κ2) is 10.6. The van der Waals surface area contributed by atoms with Crippen LogP contribution in [0.3, 0.4) is 0 Å². The van der Waals surface area contributed by atoms with Crippen LogP contribution in [0.5, 0.6) is 0 Å². The standard InChI is InChI=1S/C34H26ClN5O4/c1-38-19-26(27-20-39(24-10-6-3-7-11-24)37-31(27)21-8-4-2-5-9-21)30(32(41)22-12-15-25(16-13-22)40(43)44)34(38)28-18-23(35)14-17-29(28)36-33(34)42/h2-18,20,26,30H,19H2,1H3,(H,36,42)/t26-,30+,34-/m0/s1. The van der Waals surface area contributed by atoms with E-state index in [1.54, 1.807) is 22.9 Å². The van der Waals surface area contributed by atoms with Crippen LogP contribution in [0.2, 0.25) is 5.02 Å². The molecule has 1 N–H and O–H groups in total. The first-order chi connectivity index (χ1) is 21.3. The van der Waals surface area contributed by atoms with E-state index in [0.29, 0.717) is 28.5 Å². The first-order valence-corrected chi connectivity index (χ1v) is 14.5. The fourth-order valence-corrected chi connectivity index (χ4v) is 6.98. The lowest BCUT2D eigenvalue weighted by atomic mass is 9.70. The molecule has 5 aromatic rings. The lowest BCUT2D eigenvalue weighted by Gasteiger charge is -2.35. The van der Waals surface area contributed by atoms with Crippen molar-refractivity contribution >= 4 is 34.7 Å². The molecule has 0 aliphatic carbocycles. The Morgan fingerprint density at radius 1 is 1.00 bits per heavy atom. The number of aromatic nitrogens is 2. The highest BCUT2D eigenvalue weighted by Gasteiger charge is 2.64. The Hall–Kier alpha value is -5.12. The molecule has 1 amide bonds. The number of nitrogens with zero attached hydrogens (tertiary/aromatic N) is 4. The average molecular weight is 604 g/mol. The Balaban J connectivity index is 1.46. The number of carbonyl (C=O) groups excluding carboxylic acids is 2. The predicted molar refractivity (Wildman–Crippen MR) is 167 cm³/mol. The highest BCUT2D eigenvalue weighted by Crippen LogP contribution is 2.57. The van der Waals surface area contributed by atoms with Crippen molar-refractivity contribution in [3.05, 3.63) is 141 Å². The van der Waals surface area contributed by atoms with Gasteiger partial charge < -0.3 is 5.32 Å². The molecule has 4 aromatic carbocycles. The first-order valence-electron chi connectivity index (χ1n) is 14.1. The quantitative estimate of drug-likeness (QED) is 0.135. The van der Waals surface area contributed by atoms with Gasteiger partial charge in [0, 0.05) is 63.8 Å². The number of benzene rings is 4. The van der Waals surface area contributed by atoms with Gasteiger partial charge in [-0.1, -0.05) is 60.1 Å². The Bertz CT molecular complexity index is 1930. The van der Waals surface area contributed by atoms with Crippen molar-refractivity contribution in [3.63, 3.8) is 0 Å². The number of halogens is 1. The van der Waals surface area contributed by atoms with Crippen LogP contribution in [-0.2, 0) is 10.3 Å². The largest absolute Gasteiger partial charge is 0.324 e. The van der Waals surface area contributed by atoms with Crippen molar-refractivity contribution in [2.24, 2.45) is 5.92 Å². The molecule has 9 nitrogen and oxygen atoms in total. The van der Waals surface area contributed by atoms with Gasteiger partial charge in [-0.2, -0.15) is 5.10 Å². The number of hydrogen-bond donors (Lipinski definition) is 1. The van der Waals surface area contributed by atoms with Gasteiger partial charge in [0.25, 0.3) is 5.69 Å². The lowest BCUT2D eigenvalue weighted by molar-refractivity contribution is -0.384. The Morgan fingerprint density at radius 3 is 2.36 bits per heavy atom. The first kappa shape index (κ1) is 27.7. The number of nitro groups is 1. The molecule has 1 spiro atoms.